The second-order valence-corrected chi connectivity index (χ2v) is 22.4. The summed E-state index contributed by atoms with van der Waals surface area (Å²) < 4.78 is 8.61. The third-order valence-corrected chi connectivity index (χ3v) is 18.1. The van der Waals surface area contributed by atoms with Gasteiger partial charge in [-0.3, -0.25) is 0 Å². The summed E-state index contributed by atoms with van der Waals surface area (Å²) in [6.07, 6.45) is 0. The monoisotopic (exact) mass is 1060 g/mol. The van der Waals surface area contributed by atoms with Crippen LogP contribution in [0.5, 0.6) is 0 Å². The molecule has 0 aliphatic heterocycles. The zero-order valence-corrected chi connectivity index (χ0v) is 44.1. The number of rotatable bonds is 7. The lowest BCUT2D eigenvalue weighted by Gasteiger charge is -2.34. The van der Waals surface area contributed by atoms with Crippen molar-refractivity contribution in [3.05, 3.63) is 300 Å². The minimum Gasteiger partial charge on any atom is -0.309 e. The molecule has 0 atom stereocenters. The fraction of sp³-hybridized carbons (Fsp3) is 0.0137. The number of halogens is 1. The van der Waals surface area contributed by atoms with Gasteiger partial charge in [0, 0.05) is 47.1 Å². The van der Waals surface area contributed by atoms with E-state index in [-0.39, 0.29) is 0 Å². The summed E-state index contributed by atoms with van der Waals surface area (Å²) in [7, 11) is 0. The molecule has 2 nitrogen and oxygen atoms in total. The Balaban J connectivity index is 0.819. The summed E-state index contributed by atoms with van der Waals surface area (Å²) in [6.45, 7) is 0. The summed E-state index contributed by atoms with van der Waals surface area (Å²) in [5.74, 6) is 0. The van der Waals surface area contributed by atoms with Crippen LogP contribution in [-0.2, 0) is 5.41 Å². The third kappa shape index (κ3) is 6.59. The van der Waals surface area contributed by atoms with E-state index in [1.807, 2.05) is 11.3 Å². The van der Waals surface area contributed by atoms with Gasteiger partial charge < -0.3 is 9.13 Å². The highest BCUT2D eigenvalue weighted by molar-refractivity contribution is 9.10. The molecule has 0 amide bonds. The van der Waals surface area contributed by atoms with Crippen LogP contribution < -0.4 is 0 Å². The maximum Gasteiger partial charge on any atom is 0.0713 e. The first-order valence-electron chi connectivity index (χ1n) is 26.3. The minimum atomic E-state index is -0.488. The molecule has 4 heteroatoms. The van der Waals surface area contributed by atoms with Crippen molar-refractivity contribution >= 4 is 91.1 Å². The molecule has 0 unspecified atom stereocenters. The molecule has 0 radical (unpaired) electrons. The van der Waals surface area contributed by atoms with Gasteiger partial charge in [0.05, 0.1) is 43.6 Å². The van der Waals surface area contributed by atoms with Crippen LogP contribution >= 0.6 is 27.3 Å². The first-order chi connectivity index (χ1) is 38.1. The van der Waals surface area contributed by atoms with Crippen LogP contribution in [0.15, 0.2) is 277 Å². The molecule has 0 spiro atoms. The number of hydrogen-bond acceptors (Lipinski definition) is 1. The Morgan fingerprint density at radius 2 is 0.792 bits per heavy atom. The molecule has 0 saturated carbocycles. The molecular weight excluding hydrogens is 1020 g/mol. The molecule has 1 aliphatic rings. The van der Waals surface area contributed by atoms with Crippen molar-refractivity contribution in [1.29, 1.82) is 0 Å². The predicted octanol–water partition coefficient (Wildman–Crippen LogP) is 20.4. The fourth-order valence-corrected chi connectivity index (χ4v) is 14.9. The van der Waals surface area contributed by atoms with Crippen molar-refractivity contribution < 1.29 is 0 Å². The molecule has 3 aromatic heterocycles. The zero-order valence-electron chi connectivity index (χ0n) is 41.7. The predicted molar refractivity (Wildman–Crippen MR) is 329 cm³/mol. The maximum atomic E-state index is 3.98. The number of fused-ring (bicyclic) bond motifs is 12. The summed E-state index contributed by atoms with van der Waals surface area (Å²) in [5, 5.41) is 7.54. The van der Waals surface area contributed by atoms with E-state index in [0.717, 1.165) is 21.3 Å². The summed E-state index contributed by atoms with van der Waals surface area (Å²) in [4.78, 5) is 0. The molecule has 3 heterocycles. The summed E-state index contributed by atoms with van der Waals surface area (Å²) >= 11 is 5.86. The zero-order chi connectivity index (χ0) is 50.8. The molecule has 1 aliphatic carbocycles. The third-order valence-electron chi connectivity index (χ3n) is 16.4. The van der Waals surface area contributed by atoms with Gasteiger partial charge >= 0.3 is 0 Å². The maximum absolute atomic E-state index is 3.98. The van der Waals surface area contributed by atoms with Crippen LogP contribution in [-0.4, -0.2) is 9.13 Å². The Kier molecular flexibility index (Phi) is 9.91. The number of hydrogen-bond donors (Lipinski definition) is 0. The minimum absolute atomic E-state index is 0.488. The average molecular weight is 1060 g/mol. The standard InChI is InChI=1S/C73H45BrN2S/c74-53-41-49(40-50(42-53)47-36-39-69-62(44-47)58-25-10-15-31-67(58)76(69)70-32-17-27-60-59-26-11-16-33-71(59)77-72(60)70)46-35-38-68-61(43-46)57-24-9-14-30-66(57)75(68)65-29-13-8-22-54(65)48-34-37-56-55-23-7-12-28-63(55)73(64(56)45-48,51-18-3-1-4-19-51)52-20-5-2-6-21-52/h1-45H. The molecule has 0 saturated heterocycles. The summed E-state index contributed by atoms with van der Waals surface area (Å²) in [6, 6.07) is 101. The van der Waals surface area contributed by atoms with E-state index in [9.17, 15) is 0 Å². The number of thiophene rings is 1. The van der Waals surface area contributed by atoms with E-state index in [1.165, 1.54) is 125 Å². The van der Waals surface area contributed by atoms with Gasteiger partial charge in [0.1, 0.15) is 0 Å². The fourth-order valence-electron chi connectivity index (χ4n) is 13.2. The Morgan fingerprint density at radius 3 is 1.47 bits per heavy atom. The van der Waals surface area contributed by atoms with Gasteiger partial charge in [-0.15, -0.1) is 11.3 Å². The highest BCUT2D eigenvalue weighted by Crippen LogP contribution is 2.57. The molecule has 12 aromatic carbocycles. The Hall–Kier alpha value is -9.06. The van der Waals surface area contributed by atoms with Crippen LogP contribution in [0.4, 0.5) is 0 Å². The Labute approximate surface area is 458 Å². The van der Waals surface area contributed by atoms with Gasteiger partial charge in [0.2, 0.25) is 0 Å². The van der Waals surface area contributed by atoms with Gasteiger partial charge in [0.15, 0.2) is 0 Å². The molecule has 0 fully saturated rings. The van der Waals surface area contributed by atoms with Crippen molar-refractivity contribution in [2.45, 2.75) is 5.41 Å². The van der Waals surface area contributed by atoms with Crippen molar-refractivity contribution in [2.75, 3.05) is 0 Å². The lowest BCUT2D eigenvalue weighted by atomic mass is 9.67. The molecule has 15 aromatic rings. The molecule has 360 valence electrons. The van der Waals surface area contributed by atoms with Crippen molar-refractivity contribution in [2.24, 2.45) is 0 Å². The quantitative estimate of drug-likeness (QED) is 0.151. The topological polar surface area (TPSA) is 9.86 Å². The smallest absolute Gasteiger partial charge is 0.0713 e. The first kappa shape index (κ1) is 44.3. The van der Waals surface area contributed by atoms with E-state index < -0.39 is 5.41 Å². The average Bonchev–Trinajstić information content (AvgIpc) is 4.25. The van der Waals surface area contributed by atoms with Crippen LogP contribution in [0.1, 0.15) is 22.3 Å². The number of nitrogens with zero attached hydrogens (tertiary/aromatic N) is 2. The van der Waals surface area contributed by atoms with Gasteiger partial charge in [-0.1, -0.05) is 210 Å². The van der Waals surface area contributed by atoms with E-state index in [0.29, 0.717) is 0 Å². The van der Waals surface area contributed by atoms with E-state index in [4.69, 9.17) is 0 Å². The van der Waals surface area contributed by atoms with Gasteiger partial charge in [-0.2, -0.15) is 0 Å². The number of benzene rings is 12. The second-order valence-electron chi connectivity index (χ2n) is 20.5. The lowest BCUT2D eigenvalue weighted by Crippen LogP contribution is -2.28. The SMILES string of the molecule is Brc1cc(-c2ccc3c(c2)c2ccccc2n3-c2ccccc2-c2ccc3c(c2)C(c2ccccc2)(c2ccccc2)c2ccccc2-3)cc(-c2ccc3c(c2)c2ccccc2n3-c2cccc3c2sc2ccccc23)c1. The highest BCUT2D eigenvalue weighted by atomic mass is 79.9. The summed E-state index contributed by atoms with van der Waals surface area (Å²) in [5.41, 5.74) is 21.4. The van der Waals surface area contributed by atoms with Crippen LogP contribution in [0.25, 0.3) is 120 Å². The molecule has 16 rings (SSSR count). The van der Waals surface area contributed by atoms with E-state index in [2.05, 4.69) is 298 Å². The number of para-hydroxylation sites is 3. The van der Waals surface area contributed by atoms with Crippen molar-refractivity contribution in [3.63, 3.8) is 0 Å². The lowest BCUT2D eigenvalue weighted by molar-refractivity contribution is 0.769. The molecule has 77 heavy (non-hydrogen) atoms. The van der Waals surface area contributed by atoms with Crippen LogP contribution in [0.2, 0.25) is 0 Å². The largest absolute Gasteiger partial charge is 0.309 e. The Bertz CT molecular complexity index is 4840. The van der Waals surface area contributed by atoms with E-state index in [1.54, 1.807) is 0 Å². The second kappa shape index (κ2) is 17.2. The van der Waals surface area contributed by atoms with Gasteiger partial charge in [-0.05, 0) is 140 Å². The molecule has 0 bridgehead atoms. The first-order valence-corrected chi connectivity index (χ1v) is 27.9. The van der Waals surface area contributed by atoms with Crippen molar-refractivity contribution in [1.82, 2.24) is 9.13 Å². The van der Waals surface area contributed by atoms with Crippen molar-refractivity contribution in [3.8, 4) is 55.9 Å². The van der Waals surface area contributed by atoms with E-state index >= 15 is 0 Å². The molecule has 0 N–H and O–H groups in total. The number of aromatic nitrogens is 2. The van der Waals surface area contributed by atoms with Gasteiger partial charge in [0.25, 0.3) is 0 Å². The van der Waals surface area contributed by atoms with Crippen LogP contribution in [0.3, 0.4) is 0 Å². The normalized spacial score (nSPS) is 12.8. The van der Waals surface area contributed by atoms with Crippen LogP contribution in [0, 0.1) is 0 Å². The molecular formula is C73H45BrN2S. The Morgan fingerprint density at radius 1 is 0.299 bits per heavy atom. The van der Waals surface area contributed by atoms with Gasteiger partial charge in [-0.25, -0.2) is 0 Å². The highest BCUT2D eigenvalue weighted by Gasteiger charge is 2.46.